The first-order chi connectivity index (χ1) is 17.5. The van der Waals surface area contributed by atoms with E-state index in [1.54, 1.807) is 24.3 Å². The highest BCUT2D eigenvalue weighted by Gasteiger charge is 2.29. The predicted octanol–water partition coefficient (Wildman–Crippen LogP) is 4.23. The van der Waals surface area contributed by atoms with E-state index in [2.05, 4.69) is 5.32 Å². The minimum Gasteiger partial charge on any atom is -0.325 e. The molecule has 1 saturated heterocycles. The number of hydrogen-bond donors (Lipinski definition) is 1. The van der Waals surface area contributed by atoms with Crippen LogP contribution in [-0.2, 0) is 24.8 Å². The van der Waals surface area contributed by atoms with E-state index < -0.39 is 32.5 Å². The van der Waals surface area contributed by atoms with Gasteiger partial charge >= 0.3 is 0 Å². The van der Waals surface area contributed by atoms with Crippen molar-refractivity contribution in [2.75, 3.05) is 29.3 Å². The highest BCUT2D eigenvalue weighted by atomic mass is 32.2. The lowest BCUT2D eigenvalue weighted by atomic mass is 10.1. The summed E-state index contributed by atoms with van der Waals surface area (Å²) in [6, 6.07) is 17.8. The molecule has 4 rings (SSSR count). The number of sulfonamides is 2. The molecule has 1 fully saturated rings. The molecule has 1 amide bonds. The first kappa shape index (κ1) is 26.8. The first-order valence-electron chi connectivity index (χ1n) is 12.0. The van der Waals surface area contributed by atoms with E-state index in [9.17, 15) is 21.6 Å². The largest absolute Gasteiger partial charge is 0.325 e. The quantitative estimate of drug-likeness (QED) is 0.460. The van der Waals surface area contributed by atoms with Gasteiger partial charge in [-0.25, -0.2) is 16.8 Å². The molecule has 0 aliphatic carbocycles. The van der Waals surface area contributed by atoms with Gasteiger partial charge in [-0.1, -0.05) is 23.8 Å². The van der Waals surface area contributed by atoms with Crippen molar-refractivity contribution in [2.45, 2.75) is 43.4 Å². The van der Waals surface area contributed by atoms with Crippen LogP contribution >= 0.6 is 0 Å². The first-order valence-corrected chi connectivity index (χ1v) is 14.9. The normalized spacial score (nSPS) is 14.5. The highest BCUT2D eigenvalue weighted by Crippen LogP contribution is 2.27. The number of carbonyl (C=O) groups is 1. The van der Waals surface area contributed by atoms with Crippen molar-refractivity contribution >= 4 is 37.3 Å². The van der Waals surface area contributed by atoms with Gasteiger partial charge < -0.3 is 5.32 Å². The third kappa shape index (κ3) is 6.03. The number of anilines is 2. The van der Waals surface area contributed by atoms with E-state index in [4.69, 9.17) is 0 Å². The zero-order chi connectivity index (χ0) is 26.8. The summed E-state index contributed by atoms with van der Waals surface area (Å²) >= 11 is 0. The van der Waals surface area contributed by atoms with Gasteiger partial charge in [0.05, 0.1) is 15.5 Å². The number of benzene rings is 3. The Morgan fingerprint density at radius 3 is 1.89 bits per heavy atom. The molecule has 10 heteroatoms. The maximum Gasteiger partial charge on any atom is 0.264 e. The third-order valence-corrected chi connectivity index (χ3v) is 9.93. The van der Waals surface area contributed by atoms with E-state index in [1.165, 1.54) is 40.7 Å². The molecule has 196 valence electrons. The number of amides is 1. The SMILES string of the molecule is Cc1ccc(S(=O)(=O)N(CC(=O)Nc2ccc(S(=O)(=O)N3CCCC3)cc2)c2cc(C)cc(C)c2)cc1. The van der Waals surface area contributed by atoms with E-state index in [-0.39, 0.29) is 9.79 Å². The second kappa shape index (κ2) is 10.6. The van der Waals surface area contributed by atoms with Gasteiger partial charge in [0, 0.05) is 18.8 Å². The van der Waals surface area contributed by atoms with Crippen LogP contribution in [0.1, 0.15) is 29.5 Å². The number of carbonyl (C=O) groups excluding carboxylic acids is 1. The molecule has 1 aliphatic rings. The van der Waals surface area contributed by atoms with Gasteiger partial charge in [-0.05, 0) is 93.3 Å². The van der Waals surface area contributed by atoms with Gasteiger partial charge in [0.2, 0.25) is 15.9 Å². The minimum absolute atomic E-state index is 0.0848. The topological polar surface area (TPSA) is 104 Å². The third-order valence-electron chi connectivity index (χ3n) is 6.23. The zero-order valence-corrected chi connectivity index (χ0v) is 22.8. The monoisotopic (exact) mass is 541 g/mol. The summed E-state index contributed by atoms with van der Waals surface area (Å²) in [4.78, 5) is 13.3. The van der Waals surface area contributed by atoms with Crippen LogP contribution in [0.25, 0.3) is 0 Å². The molecule has 0 radical (unpaired) electrons. The molecular weight excluding hydrogens is 510 g/mol. The molecular formula is C27H31N3O5S2. The number of nitrogens with one attached hydrogen (secondary N) is 1. The minimum atomic E-state index is -4.04. The average Bonchev–Trinajstić information content (AvgIpc) is 3.38. The summed E-state index contributed by atoms with van der Waals surface area (Å²) in [5, 5.41) is 2.70. The molecule has 0 bridgehead atoms. The summed E-state index contributed by atoms with van der Waals surface area (Å²) < 4.78 is 55.3. The fourth-order valence-corrected chi connectivity index (χ4v) is 7.29. The summed E-state index contributed by atoms with van der Waals surface area (Å²) in [6.07, 6.45) is 1.69. The predicted molar refractivity (Wildman–Crippen MR) is 145 cm³/mol. The molecule has 1 heterocycles. The Morgan fingerprint density at radius 1 is 0.784 bits per heavy atom. The zero-order valence-electron chi connectivity index (χ0n) is 21.1. The number of aryl methyl sites for hydroxylation is 3. The van der Waals surface area contributed by atoms with Crippen molar-refractivity contribution in [2.24, 2.45) is 0 Å². The smallest absolute Gasteiger partial charge is 0.264 e. The van der Waals surface area contributed by atoms with Crippen LogP contribution in [0.3, 0.4) is 0 Å². The van der Waals surface area contributed by atoms with Crippen LogP contribution in [0.4, 0.5) is 11.4 Å². The summed E-state index contributed by atoms with van der Waals surface area (Å²) in [5.41, 5.74) is 3.42. The van der Waals surface area contributed by atoms with Crippen LogP contribution in [0, 0.1) is 20.8 Å². The van der Waals surface area contributed by atoms with Crippen LogP contribution in [-0.4, -0.2) is 46.7 Å². The standard InChI is InChI=1S/C27H31N3O5S2/c1-20-6-10-26(11-7-20)37(34,35)30(24-17-21(2)16-22(3)18-24)19-27(31)28-23-8-12-25(13-9-23)36(32,33)29-14-4-5-15-29/h6-13,16-18H,4-5,14-15,19H2,1-3H3,(H,28,31). The molecule has 0 spiro atoms. The Hall–Kier alpha value is -3.21. The van der Waals surface area contributed by atoms with Gasteiger partial charge in [0.1, 0.15) is 6.54 Å². The molecule has 0 aromatic heterocycles. The van der Waals surface area contributed by atoms with Gasteiger partial charge in [-0.3, -0.25) is 9.10 Å². The maximum absolute atomic E-state index is 13.6. The van der Waals surface area contributed by atoms with Gasteiger partial charge in [0.15, 0.2) is 0 Å². The highest BCUT2D eigenvalue weighted by molar-refractivity contribution is 7.92. The summed E-state index contributed by atoms with van der Waals surface area (Å²) in [6.45, 7) is 6.16. The fourth-order valence-electron chi connectivity index (χ4n) is 4.37. The Labute approximate surface area is 219 Å². The second-order valence-corrected chi connectivity index (χ2v) is 13.2. The van der Waals surface area contributed by atoms with Crippen LogP contribution < -0.4 is 9.62 Å². The van der Waals surface area contributed by atoms with Gasteiger partial charge in [-0.15, -0.1) is 0 Å². The molecule has 8 nitrogen and oxygen atoms in total. The van der Waals surface area contributed by atoms with Gasteiger partial charge in [-0.2, -0.15) is 4.31 Å². The van der Waals surface area contributed by atoms with Crippen molar-refractivity contribution in [3.05, 3.63) is 83.4 Å². The maximum atomic E-state index is 13.6. The van der Waals surface area contributed by atoms with Crippen LogP contribution in [0.5, 0.6) is 0 Å². The lowest BCUT2D eigenvalue weighted by molar-refractivity contribution is -0.114. The number of nitrogens with zero attached hydrogens (tertiary/aromatic N) is 2. The number of rotatable bonds is 8. The van der Waals surface area contributed by atoms with E-state index >= 15 is 0 Å². The summed E-state index contributed by atoms with van der Waals surface area (Å²) in [5.74, 6) is -0.551. The van der Waals surface area contributed by atoms with Crippen molar-refractivity contribution < 1.29 is 21.6 Å². The molecule has 3 aromatic carbocycles. The summed E-state index contributed by atoms with van der Waals surface area (Å²) in [7, 11) is -7.61. The Balaban J connectivity index is 1.58. The Kier molecular flexibility index (Phi) is 7.72. The van der Waals surface area contributed by atoms with E-state index in [1.807, 2.05) is 26.8 Å². The van der Waals surface area contributed by atoms with Crippen molar-refractivity contribution in [1.82, 2.24) is 4.31 Å². The Morgan fingerprint density at radius 2 is 1.32 bits per heavy atom. The molecule has 0 saturated carbocycles. The molecule has 0 atom stereocenters. The molecule has 3 aromatic rings. The lowest BCUT2D eigenvalue weighted by Gasteiger charge is -2.25. The number of hydrogen-bond acceptors (Lipinski definition) is 5. The molecule has 1 N–H and O–H groups in total. The fraction of sp³-hybridized carbons (Fsp3) is 0.296. The molecule has 37 heavy (non-hydrogen) atoms. The molecule has 0 unspecified atom stereocenters. The second-order valence-electron chi connectivity index (χ2n) is 9.35. The van der Waals surface area contributed by atoms with Crippen LogP contribution in [0.15, 0.2) is 76.5 Å². The van der Waals surface area contributed by atoms with Crippen LogP contribution in [0.2, 0.25) is 0 Å². The average molecular weight is 542 g/mol. The molecule has 1 aliphatic heterocycles. The van der Waals surface area contributed by atoms with E-state index in [0.717, 1.165) is 33.8 Å². The van der Waals surface area contributed by atoms with E-state index in [0.29, 0.717) is 24.5 Å². The van der Waals surface area contributed by atoms with Crippen molar-refractivity contribution in [3.63, 3.8) is 0 Å². The van der Waals surface area contributed by atoms with Crippen molar-refractivity contribution in [1.29, 1.82) is 0 Å². The Bertz CT molecular complexity index is 1470. The van der Waals surface area contributed by atoms with Gasteiger partial charge in [0.25, 0.3) is 10.0 Å². The lowest BCUT2D eigenvalue weighted by Crippen LogP contribution is -2.38. The van der Waals surface area contributed by atoms with Crippen molar-refractivity contribution in [3.8, 4) is 0 Å².